The maximum atomic E-state index is 12.8. The molecule has 1 heterocycles. The molecular weight excluding hydrogens is 316 g/mol. The molecule has 1 amide bonds. The zero-order chi connectivity index (χ0) is 17.8. The minimum atomic E-state index is -0.636. The van der Waals surface area contributed by atoms with E-state index in [4.69, 9.17) is 4.74 Å². The predicted octanol–water partition coefficient (Wildman–Crippen LogP) is 2.72. The van der Waals surface area contributed by atoms with Crippen molar-refractivity contribution in [2.45, 2.75) is 32.2 Å². The summed E-state index contributed by atoms with van der Waals surface area (Å²) in [6, 6.07) is 17.2. The van der Waals surface area contributed by atoms with Gasteiger partial charge in [0.05, 0.1) is 12.7 Å². The lowest BCUT2D eigenvalue weighted by Crippen LogP contribution is -2.36. The number of fused-ring (bicyclic) bond motifs is 1. The molecule has 0 fully saturated rings. The Bertz CT molecular complexity index is 718. The molecule has 1 aliphatic rings. The van der Waals surface area contributed by atoms with Crippen molar-refractivity contribution in [3.63, 3.8) is 0 Å². The molecule has 2 aromatic rings. The topological polar surface area (TPSA) is 61.8 Å². The Morgan fingerprint density at radius 2 is 1.80 bits per heavy atom. The zero-order valence-electron chi connectivity index (χ0n) is 14.6. The van der Waals surface area contributed by atoms with Crippen molar-refractivity contribution in [1.82, 2.24) is 5.32 Å². The molecule has 0 saturated carbocycles. The molecule has 2 N–H and O–H groups in total. The third-order valence-electron chi connectivity index (χ3n) is 4.15. The highest BCUT2D eigenvalue weighted by atomic mass is 16.5. The molecule has 0 aliphatic carbocycles. The number of rotatable bonds is 7. The third-order valence-corrected chi connectivity index (χ3v) is 4.15. The number of aliphatic hydroxyl groups excluding tert-OH is 1. The fourth-order valence-corrected chi connectivity index (χ4v) is 2.92. The van der Waals surface area contributed by atoms with Crippen molar-refractivity contribution in [2.75, 3.05) is 18.1 Å². The number of aliphatic hydroxyl groups is 1. The van der Waals surface area contributed by atoms with Crippen LogP contribution in [0.25, 0.3) is 0 Å². The highest BCUT2D eigenvalue weighted by molar-refractivity contribution is 6.10. The first-order chi connectivity index (χ1) is 12.1. The van der Waals surface area contributed by atoms with E-state index in [1.54, 1.807) is 4.90 Å². The number of nitrogens with one attached hydrogen (secondary N) is 1. The molecule has 1 aliphatic heterocycles. The minimum absolute atomic E-state index is 0.0819. The number of hydrogen-bond acceptors (Lipinski definition) is 4. The number of amides is 1. The Labute approximate surface area is 148 Å². The molecule has 0 saturated heterocycles. The molecule has 5 heteroatoms. The normalized spacial score (nSPS) is 17.8. The number of nitrogens with zero attached hydrogens (tertiary/aromatic N) is 1. The Balaban J connectivity index is 1.79. The van der Waals surface area contributed by atoms with E-state index < -0.39 is 12.3 Å². The van der Waals surface area contributed by atoms with Gasteiger partial charge in [-0.25, -0.2) is 0 Å². The van der Waals surface area contributed by atoms with Gasteiger partial charge in [0.1, 0.15) is 0 Å². The van der Waals surface area contributed by atoms with Crippen LogP contribution in [0.3, 0.4) is 0 Å². The molecule has 2 atom stereocenters. The van der Waals surface area contributed by atoms with Gasteiger partial charge in [0.2, 0.25) is 0 Å². The average molecular weight is 340 g/mol. The first kappa shape index (κ1) is 17.6. The first-order valence-corrected chi connectivity index (χ1v) is 8.58. The molecule has 2 aromatic carbocycles. The molecule has 0 bridgehead atoms. The maximum absolute atomic E-state index is 12.8. The molecule has 25 heavy (non-hydrogen) atoms. The van der Waals surface area contributed by atoms with Crippen LogP contribution in [0, 0.1) is 0 Å². The number of anilines is 1. The van der Waals surface area contributed by atoms with Gasteiger partial charge in [0.15, 0.2) is 6.23 Å². The van der Waals surface area contributed by atoms with E-state index in [2.05, 4.69) is 5.32 Å². The lowest BCUT2D eigenvalue weighted by Gasteiger charge is -2.26. The fraction of sp³-hybridized carbons (Fsp3) is 0.350. The van der Waals surface area contributed by atoms with Crippen molar-refractivity contribution in [1.29, 1.82) is 0 Å². The van der Waals surface area contributed by atoms with Crippen LogP contribution < -0.4 is 10.2 Å². The van der Waals surface area contributed by atoms with Gasteiger partial charge in [-0.05, 0) is 18.2 Å². The van der Waals surface area contributed by atoms with Gasteiger partial charge < -0.3 is 15.2 Å². The van der Waals surface area contributed by atoms with Crippen molar-refractivity contribution in [3.8, 4) is 0 Å². The summed E-state index contributed by atoms with van der Waals surface area (Å²) in [5, 5.41) is 13.3. The number of ether oxygens (including phenoxy) is 1. The minimum Gasteiger partial charge on any atom is -0.389 e. The van der Waals surface area contributed by atoms with E-state index in [-0.39, 0.29) is 12.5 Å². The third kappa shape index (κ3) is 3.90. The molecule has 0 spiro atoms. The lowest BCUT2D eigenvalue weighted by atomic mass is 10.1. The number of carbonyl (C=O) groups excluding carboxylic acids is 1. The van der Waals surface area contributed by atoms with Gasteiger partial charge in [0.25, 0.3) is 5.91 Å². The van der Waals surface area contributed by atoms with Crippen molar-refractivity contribution in [3.05, 3.63) is 65.7 Å². The zero-order valence-corrected chi connectivity index (χ0v) is 14.6. The van der Waals surface area contributed by atoms with Crippen LogP contribution in [-0.2, 0) is 4.74 Å². The summed E-state index contributed by atoms with van der Waals surface area (Å²) < 4.78 is 5.98. The van der Waals surface area contributed by atoms with Gasteiger partial charge in [-0.3, -0.25) is 9.69 Å². The van der Waals surface area contributed by atoms with Gasteiger partial charge >= 0.3 is 0 Å². The van der Waals surface area contributed by atoms with Crippen LogP contribution in [0.15, 0.2) is 54.6 Å². The van der Waals surface area contributed by atoms with E-state index in [1.807, 2.05) is 68.4 Å². The summed E-state index contributed by atoms with van der Waals surface area (Å²) in [7, 11) is 0. The molecule has 0 aromatic heterocycles. The number of benzene rings is 2. The largest absolute Gasteiger partial charge is 0.389 e. The summed E-state index contributed by atoms with van der Waals surface area (Å²) >= 11 is 0. The van der Waals surface area contributed by atoms with Gasteiger partial charge in [0, 0.05) is 29.4 Å². The summed E-state index contributed by atoms with van der Waals surface area (Å²) in [6.45, 7) is 4.65. The predicted molar refractivity (Wildman–Crippen MR) is 97.5 cm³/mol. The monoisotopic (exact) mass is 340 g/mol. The SMILES string of the molecule is CC(C)NCC(O)COC1c2ccccc2C(=O)N1c1ccccc1. The average Bonchev–Trinajstić information content (AvgIpc) is 2.91. The van der Waals surface area contributed by atoms with Crippen LogP contribution in [0.2, 0.25) is 0 Å². The quantitative estimate of drug-likeness (QED) is 0.814. The van der Waals surface area contributed by atoms with Gasteiger partial charge in [-0.2, -0.15) is 0 Å². The molecule has 132 valence electrons. The van der Waals surface area contributed by atoms with Crippen LogP contribution >= 0.6 is 0 Å². The molecule has 0 radical (unpaired) electrons. The standard InChI is InChI=1S/C20H24N2O3/c1-14(2)21-12-16(23)13-25-20-18-11-7-6-10-17(18)19(24)22(20)15-8-4-3-5-9-15/h3-11,14,16,20-21,23H,12-13H2,1-2H3. The molecule has 3 rings (SSSR count). The van der Waals surface area contributed by atoms with E-state index in [0.717, 1.165) is 11.3 Å². The second-order valence-electron chi connectivity index (χ2n) is 6.50. The lowest BCUT2D eigenvalue weighted by molar-refractivity contribution is -0.00721. The Morgan fingerprint density at radius 3 is 2.52 bits per heavy atom. The Morgan fingerprint density at radius 1 is 1.12 bits per heavy atom. The van der Waals surface area contributed by atoms with Crippen LogP contribution in [0.4, 0.5) is 5.69 Å². The summed E-state index contributed by atoms with van der Waals surface area (Å²) in [5.41, 5.74) is 2.26. The Kier molecular flexibility index (Phi) is 5.48. The van der Waals surface area contributed by atoms with Crippen molar-refractivity contribution < 1.29 is 14.6 Å². The highest BCUT2D eigenvalue weighted by Gasteiger charge is 2.38. The first-order valence-electron chi connectivity index (χ1n) is 8.58. The molecule has 2 unspecified atom stereocenters. The van der Waals surface area contributed by atoms with Crippen molar-refractivity contribution in [2.24, 2.45) is 0 Å². The highest BCUT2D eigenvalue weighted by Crippen LogP contribution is 2.38. The van der Waals surface area contributed by atoms with Crippen LogP contribution in [-0.4, -0.2) is 36.3 Å². The second kappa shape index (κ2) is 7.78. The summed E-state index contributed by atoms with van der Waals surface area (Å²) in [4.78, 5) is 14.5. The van der Waals surface area contributed by atoms with E-state index in [9.17, 15) is 9.90 Å². The van der Waals surface area contributed by atoms with Crippen LogP contribution in [0.1, 0.15) is 36.0 Å². The summed E-state index contributed by atoms with van der Waals surface area (Å²) in [6.07, 6.45) is -1.16. The number of hydrogen-bond donors (Lipinski definition) is 2. The molecular formula is C20H24N2O3. The van der Waals surface area contributed by atoms with Gasteiger partial charge in [-0.1, -0.05) is 50.2 Å². The molecule has 5 nitrogen and oxygen atoms in total. The number of carbonyl (C=O) groups is 1. The van der Waals surface area contributed by atoms with Crippen molar-refractivity contribution >= 4 is 11.6 Å². The van der Waals surface area contributed by atoms with Gasteiger partial charge in [-0.15, -0.1) is 0 Å². The van der Waals surface area contributed by atoms with E-state index in [0.29, 0.717) is 18.2 Å². The van der Waals surface area contributed by atoms with Crippen LogP contribution in [0.5, 0.6) is 0 Å². The summed E-state index contributed by atoms with van der Waals surface area (Å²) in [5.74, 6) is -0.0819. The number of para-hydroxylation sites is 1. The Hall–Kier alpha value is -2.21. The smallest absolute Gasteiger partial charge is 0.261 e. The van der Waals surface area contributed by atoms with E-state index in [1.165, 1.54) is 0 Å². The second-order valence-corrected chi connectivity index (χ2v) is 6.50. The van der Waals surface area contributed by atoms with E-state index >= 15 is 0 Å². The maximum Gasteiger partial charge on any atom is 0.261 e. The fourth-order valence-electron chi connectivity index (χ4n) is 2.92.